The molecular formula is C5H10NNaO. The fourth-order valence-corrected chi connectivity index (χ4v) is 0.321. The maximum atomic E-state index is 10.1. The Morgan fingerprint density at radius 2 is 1.88 bits per heavy atom. The third-order valence-corrected chi connectivity index (χ3v) is 0.431. The average Bonchev–Trinajstić information content (AvgIpc) is 1.27. The van der Waals surface area contributed by atoms with Gasteiger partial charge in [-0.2, -0.15) is 0 Å². The van der Waals surface area contributed by atoms with Gasteiger partial charge in [0.25, 0.3) is 0 Å². The molecule has 8 heavy (non-hydrogen) atoms. The molecule has 0 radical (unpaired) electrons. The molecule has 0 aliphatic carbocycles. The molecule has 0 saturated carbocycles. The van der Waals surface area contributed by atoms with Gasteiger partial charge in [0, 0.05) is 5.70 Å². The molecule has 2 N–H and O–H groups in total. The minimum absolute atomic E-state index is 0. The summed E-state index contributed by atoms with van der Waals surface area (Å²) in [6, 6.07) is 0. The van der Waals surface area contributed by atoms with Crippen molar-refractivity contribution < 1.29 is 4.79 Å². The fraction of sp³-hybridized carbons (Fsp3) is 0.400. The molecule has 0 heterocycles. The van der Waals surface area contributed by atoms with E-state index in [1.54, 1.807) is 6.92 Å². The van der Waals surface area contributed by atoms with E-state index in [-0.39, 0.29) is 35.3 Å². The van der Waals surface area contributed by atoms with Crippen LogP contribution in [0.3, 0.4) is 0 Å². The molecular weight excluding hydrogens is 113 g/mol. The Labute approximate surface area is 71.4 Å². The number of carbonyl (C=O) groups excluding carboxylic acids is 1. The summed E-state index contributed by atoms with van der Waals surface area (Å²) in [5, 5.41) is 0. The van der Waals surface area contributed by atoms with Gasteiger partial charge in [0.1, 0.15) is 0 Å². The summed E-state index contributed by atoms with van der Waals surface area (Å²) in [7, 11) is 0. The number of carbonyl (C=O) groups is 1. The van der Waals surface area contributed by atoms with Crippen LogP contribution in [-0.2, 0) is 4.79 Å². The van der Waals surface area contributed by atoms with Gasteiger partial charge >= 0.3 is 29.6 Å². The van der Waals surface area contributed by atoms with Crippen LogP contribution in [-0.4, -0.2) is 35.3 Å². The summed E-state index contributed by atoms with van der Waals surface area (Å²) in [6.07, 6.45) is 1.39. The number of allylic oxidation sites excluding steroid dienone is 2. The molecule has 0 saturated heterocycles. The first-order chi connectivity index (χ1) is 3.13. The van der Waals surface area contributed by atoms with E-state index in [4.69, 9.17) is 5.73 Å². The Balaban J connectivity index is 0. The van der Waals surface area contributed by atoms with Crippen LogP contribution in [0.4, 0.5) is 0 Å². The van der Waals surface area contributed by atoms with Crippen molar-refractivity contribution >= 4 is 35.3 Å². The monoisotopic (exact) mass is 123 g/mol. The van der Waals surface area contributed by atoms with Crippen molar-refractivity contribution in [1.29, 1.82) is 0 Å². The van der Waals surface area contributed by atoms with Crippen LogP contribution in [0.25, 0.3) is 0 Å². The summed E-state index contributed by atoms with van der Waals surface area (Å²) in [5.41, 5.74) is 5.70. The molecule has 0 fully saturated rings. The molecule has 0 aliphatic heterocycles. The number of nitrogens with two attached hydrogens (primary N) is 1. The van der Waals surface area contributed by atoms with Crippen LogP contribution in [0, 0.1) is 0 Å². The van der Waals surface area contributed by atoms with E-state index in [2.05, 4.69) is 0 Å². The predicted octanol–water partition coefficient (Wildman–Crippen LogP) is -0.211. The topological polar surface area (TPSA) is 43.1 Å². The molecule has 0 aromatic carbocycles. The van der Waals surface area contributed by atoms with Crippen LogP contribution in [0.15, 0.2) is 11.8 Å². The molecule has 0 atom stereocenters. The Bertz CT molecular complexity index is 105. The molecule has 0 aliphatic rings. The maximum absolute atomic E-state index is 10.1. The van der Waals surface area contributed by atoms with E-state index in [1.165, 1.54) is 13.0 Å². The van der Waals surface area contributed by atoms with E-state index in [9.17, 15) is 4.79 Å². The molecule has 0 amide bonds. The van der Waals surface area contributed by atoms with Crippen molar-refractivity contribution in [1.82, 2.24) is 0 Å². The van der Waals surface area contributed by atoms with Gasteiger partial charge in [-0.05, 0) is 19.9 Å². The third-order valence-electron chi connectivity index (χ3n) is 0.431. The number of hydrogen-bond acceptors (Lipinski definition) is 2. The van der Waals surface area contributed by atoms with Crippen LogP contribution in [0.5, 0.6) is 0 Å². The van der Waals surface area contributed by atoms with Crippen LogP contribution in [0.2, 0.25) is 0 Å². The normalized spacial score (nSPS) is 10.0. The van der Waals surface area contributed by atoms with Gasteiger partial charge in [0.05, 0.1) is 0 Å². The summed E-state index contributed by atoms with van der Waals surface area (Å²) < 4.78 is 0. The first kappa shape index (κ1) is 11.1. The van der Waals surface area contributed by atoms with E-state index >= 15 is 0 Å². The van der Waals surface area contributed by atoms with Crippen LogP contribution >= 0.6 is 0 Å². The van der Waals surface area contributed by atoms with Gasteiger partial charge in [0.15, 0.2) is 5.78 Å². The molecule has 0 aromatic rings. The van der Waals surface area contributed by atoms with Crippen molar-refractivity contribution in [2.75, 3.05) is 0 Å². The van der Waals surface area contributed by atoms with Crippen molar-refractivity contribution in [2.24, 2.45) is 5.73 Å². The van der Waals surface area contributed by atoms with E-state index in [0.717, 1.165) is 0 Å². The molecule has 42 valence electrons. The average molecular weight is 123 g/mol. The Morgan fingerprint density at radius 3 is 1.88 bits per heavy atom. The summed E-state index contributed by atoms with van der Waals surface area (Å²) in [6.45, 7) is 3.15. The standard InChI is InChI=1S/C5H9NO.Na.H/c1-4(6)3-5(2)7;;/h3H,6H2,1-2H3;;. The zero-order valence-corrected chi connectivity index (χ0v) is 4.56. The van der Waals surface area contributed by atoms with Gasteiger partial charge in [-0.15, -0.1) is 0 Å². The second kappa shape index (κ2) is 5.35. The number of ketones is 1. The number of rotatable bonds is 1. The molecule has 0 spiro atoms. The second-order valence-electron chi connectivity index (χ2n) is 1.50. The van der Waals surface area contributed by atoms with E-state index < -0.39 is 0 Å². The summed E-state index contributed by atoms with van der Waals surface area (Å²) >= 11 is 0. The first-order valence-electron chi connectivity index (χ1n) is 2.07. The Kier molecular flexibility index (Phi) is 7.40. The zero-order chi connectivity index (χ0) is 5.86. The Morgan fingerprint density at radius 1 is 1.50 bits per heavy atom. The van der Waals surface area contributed by atoms with E-state index in [0.29, 0.717) is 5.70 Å². The van der Waals surface area contributed by atoms with E-state index in [1.807, 2.05) is 0 Å². The third kappa shape index (κ3) is 9.51. The Hall–Kier alpha value is 0.210. The molecule has 0 rings (SSSR count). The SMILES string of the molecule is CC(=O)C=C(C)N.[NaH]. The molecule has 0 aromatic heterocycles. The van der Waals surface area contributed by atoms with Crippen molar-refractivity contribution in [3.05, 3.63) is 11.8 Å². The molecule has 0 unspecified atom stereocenters. The second-order valence-corrected chi connectivity index (χ2v) is 1.50. The van der Waals surface area contributed by atoms with Crippen molar-refractivity contribution in [3.63, 3.8) is 0 Å². The predicted molar refractivity (Wildman–Crippen MR) is 35.8 cm³/mol. The molecule has 3 heteroatoms. The quantitative estimate of drug-likeness (QED) is 0.387. The van der Waals surface area contributed by atoms with Gasteiger partial charge in [0.2, 0.25) is 0 Å². The van der Waals surface area contributed by atoms with Crippen molar-refractivity contribution in [2.45, 2.75) is 13.8 Å². The van der Waals surface area contributed by atoms with Gasteiger partial charge in [-0.25, -0.2) is 0 Å². The molecule has 0 bridgehead atoms. The fourth-order valence-electron chi connectivity index (χ4n) is 0.321. The number of hydrogen-bond donors (Lipinski definition) is 1. The zero-order valence-electron chi connectivity index (χ0n) is 4.56. The summed E-state index contributed by atoms with van der Waals surface area (Å²) in [4.78, 5) is 10.1. The van der Waals surface area contributed by atoms with Gasteiger partial charge in [-0.1, -0.05) is 0 Å². The van der Waals surface area contributed by atoms with Gasteiger partial charge in [-0.3, -0.25) is 4.79 Å². The van der Waals surface area contributed by atoms with Crippen molar-refractivity contribution in [3.8, 4) is 0 Å². The minimum atomic E-state index is 0. The van der Waals surface area contributed by atoms with Gasteiger partial charge < -0.3 is 5.73 Å². The molecule has 2 nitrogen and oxygen atoms in total. The first-order valence-corrected chi connectivity index (χ1v) is 2.07. The van der Waals surface area contributed by atoms with Crippen LogP contribution < -0.4 is 5.73 Å². The van der Waals surface area contributed by atoms with Crippen LogP contribution in [0.1, 0.15) is 13.8 Å². The summed E-state index contributed by atoms with van der Waals surface area (Å²) in [5.74, 6) is 0.000000000000000444.